The first-order valence-electron chi connectivity index (χ1n) is 5.92. The van der Waals surface area contributed by atoms with E-state index in [2.05, 4.69) is 16.0 Å². The van der Waals surface area contributed by atoms with Gasteiger partial charge in [0.25, 0.3) is 0 Å². The van der Waals surface area contributed by atoms with Crippen LogP contribution in [0.2, 0.25) is 0 Å². The van der Waals surface area contributed by atoms with Crippen LogP contribution < -0.4 is 4.90 Å². The van der Waals surface area contributed by atoms with Crippen LogP contribution in [0.5, 0.6) is 0 Å². The van der Waals surface area contributed by atoms with Crippen LogP contribution in [0.25, 0.3) is 21.8 Å². The van der Waals surface area contributed by atoms with Crippen molar-refractivity contribution in [2.45, 2.75) is 0 Å². The quantitative estimate of drug-likeness (QED) is 0.766. The summed E-state index contributed by atoms with van der Waals surface area (Å²) in [5.41, 5.74) is 3.10. The lowest BCUT2D eigenvalue weighted by Crippen LogP contribution is -2.19. The van der Waals surface area contributed by atoms with Crippen LogP contribution in [0, 0.1) is 0 Å². The van der Waals surface area contributed by atoms with Crippen molar-refractivity contribution in [2.75, 3.05) is 25.2 Å². The Bertz CT molecular complexity index is 690. The Hall–Kier alpha value is -2.10. The van der Waals surface area contributed by atoms with Crippen molar-refractivity contribution in [1.82, 2.24) is 9.97 Å². The van der Waals surface area contributed by atoms with Crippen LogP contribution in [0.1, 0.15) is 0 Å². The molecule has 0 saturated carbocycles. The number of pyridine rings is 1. The average molecular weight is 243 g/mol. The predicted octanol–water partition coefficient (Wildman–Crippen LogP) is 3.12. The second-order valence-electron chi connectivity index (χ2n) is 4.39. The number of rotatable bonds is 3. The molecule has 0 atom stereocenters. The van der Waals surface area contributed by atoms with E-state index in [0.717, 1.165) is 16.7 Å². The molecule has 4 heteroatoms. The number of alkyl halides is 1. The van der Waals surface area contributed by atoms with E-state index in [1.165, 1.54) is 10.8 Å². The number of hydrogen-bond donors (Lipinski definition) is 1. The van der Waals surface area contributed by atoms with Crippen LogP contribution in [0.3, 0.4) is 0 Å². The molecule has 0 spiro atoms. The fourth-order valence-electron chi connectivity index (χ4n) is 2.24. The van der Waals surface area contributed by atoms with E-state index in [0.29, 0.717) is 6.54 Å². The van der Waals surface area contributed by atoms with Gasteiger partial charge in [0.1, 0.15) is 6.67 Å². The van der Waals surface area contributed by atoms with E-state index in [1.807, 2.05) is 36.3 Å². The van der Waals surface area contributed by atoms with Crippen LogP contribution in [-0.2, 0) is 0 Å². The Morgan fingerprint density at radius 3 is 2.89 bits per heavy atom. The first-order chi connectivity index (χ1) is 8.79. The summed E-state index contributed by atoms with van der Waals surface area (Å²) in [7, 11) is 1.89. The highest BCUT2D eigenvalue weighted by Crippen LogP contribution is 2.27. The molecule has 92 valence electrons. The Kier molecular flexibility index (Phi) is 2.63. The lowest BCUT2D eigenvalue weighted by Gasteiger charge is -2.17. The second kappa shape index (κ2) is 4.29. The van der Waals surface area contributed by atoms with Crippen molar-refractivity contribution < 1.29 is 4.39 Å². The molecule has 0 aliphatic carbocycles. The summed E-state index contributed by atoms with van der Waals surface area (Å²) in [5.74, 6) is 0. The molecule has 0 fully saturated rings. The van der Waals surface area contributed by atoms with Crippen molar-refractivity contribution >= 4 is 27.5 Å². The highest BCUT2D eigenvalue weighted by atomic mass is 19.1. The number of halogens is 1. The van der Waals surface area contributed by atoms with Gasteiger partial charge in [-0.15, -0.1) is 0 Å². The molecule has 3 rings (SSSR count). The van der Waals surface area contributed by atoms with Gasteiger partial charge in [0.05, 0.1) is 11.7 Å². The van der Waals surface area contributed by atoms with Gasteiger partial charge in [0.15, 0.2) is 0 Å². The van der Waals surface area contributed by atoms with Gasteiger partial charge in [0.2, 0.25) is 0 Å². The minimum atomic E-state index is -0.342. The van der Waals surface area contributed by atoms with Gasteiger partial charge in [-0.3, -0.25) is 4.98 Å². The van der Waals surface area contributed by atoms with Gasteiger partial charge in [-0.05, 0) is 18.2 Å². The highest BCUT2D eigenvalue weighted by Gasteiger charge is 2.06. The molecule has 2 heterocycles. The number of benzene rings is 1. The molecular formula is C14H14FN3. The van der Waals surface area contributed by atoms with E-state index >= 15 is 0 Å². The maximum Gasteiger partial charge on any atom is 0.107 e. The minimum Gasteiger partial charge on any atom is -0.372 e. The van der Waals surface area contributed by atoms with Crippen molar-refractivity contribution in [2.24, 2.45) is 0 Å². The Labute approximate surface area is 104 Å². The summed E-state index contributed by atoms with van der Waals surface area (Å²) < 4.78 is 12.4. The highest BCUT2D eigenvalue weighted by molar-refractivity contribution is 6.07. The first kappa shape index (κ1) is 11.0. The second-order valence-corrected chi connectivity index (χ2v) is 4.39. The van der Waals surface area contributed by atoms with Crippen LogP contribution in [0.4, 0.5) is 10.1 Å². The van der Waals surface area contributed by atoms with Gasteiger partial charge in [-0.25, -0.2) is 4.39 Å². The molecular weight excluding hydrogens is 229 g/mol. The molecule has 1 aromatic carbocycles. The topological polar surface area (TPSA) is 31.9 Å². The standard InChI is InChI=1S/C14H14FN3/c1-18(7-5-15)10-2-3-11-12-4-6-16-9-14(12)17-13(11)8-10/h2-4,6,8-9,17H,5,7H2,1H3. The fraction of sp³-hybridized carbons (Fsp3) is 0.214. The number of fused-ring (bicyclic) bond motifs is 3. The van der Waals surface area contributed by atoms with Crippen molar-refractivity contribution in [3.8, 4) is 0 Å². The summed E-state index contributed by atoms with van der Waals surface area (Å²) in [4.78, 5) is 9.34. The van der Waals surface area contributed by atoms with Crippen LogP contribution >= 0.6 is 0 Å². The van der Waals surface area contributed by atoms with Gasteiger partial charge in [-0.2, -0.15) is 0 Å². The molecule has 0 saturated heterocycles. The van der Waals surface area contributed by atoms with Crippen LogP contribution in [-0.4, -0.2) is 30.2 Å². The molecule has 2 aromatic heterocycles. The predicted molar refractivity (Wildman–Crippen MR) is 72.8 cm³/mol. The summed E-state index contributed by atoms with van der Waals surface area (Å²) in [6, 6.07) is 8.13. The van der Waals surface area contributed by atoms with Gasteiger partial charge >= 0.3 is 0 Å². The van der Waals surface area contributed by atoms with Gasteiger partial charge in [-0.1, -0.05) is 6.07 Å². The van der Waals surface area contributed by atoms with Gasteiger partial charge in [0, 0.05) is 41.8 Å². The minimum absolute atomic E-state index is 0.342. The molecule has 0 aliphatic heterocycles. The summed E-state index contributed by atoms with van der Waals surface area (Å²) >= 11 is 0. The number of anilines is 1. The molecule has 1 N–H and O–H groups in total. The lowest BCUT2D eigenvalue weighted by atomic mass is 10.1. The zero-order valence-corrected chi connectivity index (χ0v) is 10.2. The molecule has 0 amide bonds. The number of hydrogen-bond acceptors (Lipinski definition) is 2. The monoisotopic (exact) mass is 243 g/mol. The smallest absolute Gasteiger partial charge is 0.107 e. The third-order valence-electron chi connectivity index (χ3n) is 3.24. The largest absolute Gasteiger partial charge is 0.372 e. The van der Waals surface area contributed by atoms with E-state index < -0.39 is 0 Å². The number of H-pyrrole nitrogens is 1. The Morgan fingerprint density at radius 2 is 2.06 bits per heavy atom. The third kappa shape index (κ3) is 1.70. The number of nitrogens with zero attached hydrogens (tertiary/aromatic N) is 2. The Morgan fingerprint density at radius 1 is 1.22 bits per heavy atom. The van der Waals surface area contributed by atoms with E-state index in [4.69, 9.17) is 0 Å². The van der Waals surface area contributed by atoms with Crippen molar-refractivity contribution in [3.63, 3.8) is 0 Å². The molecule has 0 unspecified atom stereocenters. The van der Waals surface area contributed by atoms with E-state index in [1.54, 1.807) is 6.20 Å². The zero-order chi connectivity index (χ0) is 12.5. The van der Waals surface area contributed by atoms with Gasteiger partial charge < -0.3 is 9.88 Å². The van der Waals surface area contributed by atoms with Crippen molar-refractivity contribution in [1.29, 1.82) is 0 Å². The normalized spacial score (nSPS) is 11.2. The SMILES string of the molecule is CN(CCF)c1ccc2c(c1)[nH]c1cnccc12. The first-order valence-corrected chi connectivity index (χ1v) is 5.92. The molecule has 0 radical (unpaired) electrons. The van der Waals surface area contributed by atoms with E-state index in [-0.39, 0.29) is 6.67 Å². The average Bonchev–Trinajstić information content (AvgIpc) is 2.76. The fourth-order valence-corrected chi connectivity index (χ4v) is 2.24. The van der Waals surface area contributed by atoms with E-state index in [9.17, 15) is 4.39 Å². The summed E-state index contributed by atoms with van der Waals surface area (Å²) in [6.07, 6.45) is 3.61. The molecule has 3 nitrogen and oxygen atoms in total. The third-order valence-corrected chi connectivity index (χ3v) is 3.24. The summed E-state index contributed by atoms with van der Waals surface area (Å²) in [5, 5.41) is 2.34. The molecule has 0 bridgehead atoms. The molecule has 3 aromatic rings. The molecule has 18 heavy (non-hydrogen) atoms. The van der Waals surface area contributed by atoms with Crippen LogP contribution in [0.15, 0.2) is 36.7 Å². The number of aromatic nitrogens is 2. The maximum atomic E-state index is 12.4. The molecule has 0 aliphatic rings. The zero-order valence-electron chi connectivity index (χ0n) is 10.2. The van der Waals surface area contributed by atoms with Crippen molar-refractivity contribution in [3.05, 3.63) is 36.7 Å². The Balaban J connectivity index is 2.15. The lowest BCUT2D eigenvalue weighted by molar-refractivity contribution is 0.497. The maximum absolute atomic E-state index is 12.4. The summed E-state index contributed by atoms with van der Waals surface area (Å²) in [6.45, 7) is 0.0679. The number of aromatic amines is 1. The number of nitrogens with one attached hydrogen (secondary N) is 1.